The Bertz CT molecular complexity index is 447. The second-order valence-corrected chi connectivity index (χ2v) is 3.79. The molecule has 0 bridgehead atoms. The molecule has 1 amide bonds. The first-order valence-corrected chi connectivity index (χ1v) is 5.20. The van der Waals surface area contributed by atoms with Crippen LogP contribution in [0.4, 0.5) is 4.79 Å². The molecule has 2 N–H and O–H groups in total. The van der Waals surface area contributed by atoms with Crippen LogP contribution in [0.1, 0.15) is 17.3 Å². The monoisotopic (exact) mass is 257 g/mol. The van der Waals surface area contributed by atoms with Crippen LogP contribution in [0.2, 0.25) is 5.02 Å². The fourth-order valence-electron chi connectivity index (χ4n) is 1.32. The molecule has 1 aromatic carbocycles. The quantitative estimate of drug-likeness (QED) is 0.811. The molecule has 0 aromatic heterocycles. The lowest BCUT2D eigenvalue weighted by Crippen LogP contribution is -2.37. The molecule has 5 nitrogen and oxygen atoms in total. The van der Waals surface area contributed by atoms with Gasteiger partial charge in [0.25, 0.3) is 0 Å². The molecule has 0 saturated heterocycles. The summed E-state index contributed by atoms with van der Waals surface area (Å²) in [5.41, 5.74) is 0.331. The van der Waals surface area contributed by atoms with Gasteiger partial charge in [-0.05, 0) is 25.1 Å². The van der Waals surface area contributed by atoms with E-state index in [-0.39, 0.29) is 5.78 Å². The van der Waals surface area contributed by atoms with Crippen molar-refractivity contribution in [2.24, 2.45) is 0 Å². The summed E-state index contributed by atoms with van der Waals surface area (Å²) in [4.78, 5) is 22.2. The molecule has 1 rings (SSSR count). The number of carbonyl (C=O) groups is 2. The number of hydrogen-bond donors (Lipinski definition) is 2. The zero-order chi connectivity index (χ0) is 13.0. The summed E-state index contributed by atoms with van der Waals surface area (Å²) >= 11 is 5.87. The average Bonchev–Trinajstić information content (AvgIpc) is 2.27. The molecule has 0 radical (unpaired) electrons. The van der Waals surface area contributed by atoms with E-state index in [0.717, 1.165) is 0 Å². The van der Waals surface area contributed by atoms with Gasteiger partial charge >= 0.3 is 6.09 Å². The number of ketones is 1. The normalized spacial score (nSPS) is 11.7. The number of ether oxygens (including phenoxy) is 1. The van der Waals surface area contributed by atoms with Crippen molar-refractivity contribution in [3.05, 3.63) is 28.8 Å². The zero-order valence-corrected chi connectivity index (χ0v) is 10.1. The summed E-state index contributed by atoms with van der Waals surface area (Å²) in [5.74, 6) is 0.110. The molecule has 0 saturated carbocycles. The molecule has 0 fully saturated rings. The lowest BCUT2D eigenvalue weighted by molar-refractivity contribution is 0.0945. The van der Waals surface area contributed by atoms with Crippen molar-refractivity contribution in [3.63, 3.8) is 0 Å². The van der Waals surface area contributed by atoms with Gasteiger partial charge in [0.15, 0.2) is 5.78 Å². The van der Waals surface area contributed by atoms with E-state index in [9.17, 15) is 9.59 Å². The van der Waals surface area contributed by atoms with Gasteiger partial charge in [0.2, 0.25) is 0 Å². The molecule has 0 aliphatic rings. The van der Waals surface area contributed by atoms with Gasteiger partial charge in [0.05, 0.1) is 18.2 Å². The van der Waals surface area contributed by atoms with Crippen molar-refractivity contribution in [1.82, 2.24) is 5.32 Å². The minimum absolute atomic E-state index is 0.306. The van der Waals surface area contributed by atoms with Crippen LogP contribution in [0.25, 0.3) is 0 Å². The lowest BCUT2D eigenvalue weighted by Gasteiger charge is -2.11. The number of amides is 1. The van der Waals surface area contributed by atoms with Crippen LogP contribution in [-0.2, 0) is 0 Å². The summed E-state index contributed by atoms with van der Waals surface area (Å²) in [7, 11) is 1.47. The number of Topliss-reactive ketones (excluding diaryl/α,β-unsaturated/α-hetero) is 1. The SMILES string of the molecule is COc1ccc(C(=O)C(C)NC(=O)O)cc1Cl. The number of nitrogens with one attached hydrogen (secondary N) is 1. The van der Waals surface area contributed by atoms with Crippen LogP contribution >= 0.6 is 11.6 Å². The smallest absolute Gasteiger partial charge is 0.405 e. The van der Waals surface area contributed by atoms with Crippen molar-refractivity contribution in [2.45, 2.75) is 13.0 Å². The molecule has 6 heteroatoms. The third-order valence-corrected chi connectivity index (χ3v) is 2.46. The third-order valence-electron chi connectivity index (χ3n) is 2.17. The van der Waals surface area contributed by atoms with E-state index in [1.54, 1.807) is 6.07 Å². The topological polar surface area (TPSA) is 75.6 Å². The maximum absolute atomic E-state index is 11.8. The minimum Gasteiger partial charge on any atom is -0.495 e. The Kier molecular flexibility index (Phi) is 4.34. The van der Waals surface area contributed by atoms with Gasteiger partial charge < -0.3 is 15.2 Å². The Morgan fingerprint density at radius 3 is 2.59 bits per heavy atom. The highest BCUT2D eigenvalue weighted by atomic mass is 35.5. The Balaban J connectivity index is 2.89. The van der Waals surface area contributed by atoms with Gasteiger partial charge in [-0.15, -0.1) is 0 Å². The van der Waals surface area contributed by atoms with E-state index in [1.165, 1.54) is 26.2 Å². The van der Waals surface area contributed by atoms with Crippen LogP contribution < -0.4 is 10.1 Å². The van der Waals surface area contributed by atoms with Crippen LogP contribution in [-0.4, -0.2) is 30.1 Å². The Morgan fingerprint density at radius 1 is 1.47 bits per heavy atom. The second kappa shape index (κ2) is 5.54. The van der Waals surface area contributed by atoms with Crippen molar-refractivity contribution < 1.29 is 19.4 Å². The number of benzene rings is 1. The molecule has 1 unspecified atom stereocenters. The van der Waals surface area contributed by atoms with Crippen LogP contribution in [0.15, 0.2) is 18.2 Å². The molecular weight excluding hydrogens is 246 g/mol. The minimum atomic E-state index is -1.24. The van der Waals surface area contributed by atoms with E-state index in [1.807, 2.05) is 0 Å². The maximum Gasteiger partial charge on any atom is 0.405 e. The molecule has 17 heavy (non-hydrogen) atoms. The van der Waals surface area contributed by atoms with Crippen molar-refractivity contribution in [2.75, 3.05) is 7.11 Å². The first-order chi connectivity index (χ1) is 7.95. The summed E-state index contributed by atoms with van der Waals surface area (Å²) < 4.78 is 4.95. The number of halogens is 1. The predicted molar refractivity (Wildman–Crippen MR) is 63.0 cm³/mol. The molecule has 1 atom stereocenters. The Hall–Kier alpha value is -1.75. The fourth-order valence-corrected chi connectivity index (χ4v) is 1.58. The van der Waals surface area contributed by atoms with Gasteiger partial charge in [0, 0.05) is 5.56 Å². The largest absolute Gasteiger partial charge is 0.495 e. The molecule has 1 aromatic rings. The Morgan fingerprint density at radius 2 is 2.12 bits per heavy atom. The maximum atomic E-state index is 11.8. The van der Waals surface area contributed by atoms with E-state index in [2.05, 4.69) is 5.32 Å². The van der Waals surface area contributed by atoms with Crippen LogP contribution in [0.3, 0.4) is 0 Å². The molecule has 0 spiro atoms. The van der Waals surface area contributed by atoms with Gasteiger partial charge in [-0.1, -0.05) is 11.6 Å². The fraction of sp³-hybridized carbons (Fsp3) is 0.273. The van der Waals surface area contributed by atoms with E-state index in [4.69, 9.17) is 21.4 Å². The summed E-state index contributed by atoms with van der Waals surface area (Å²) in [6.07, 6.45) is -1.24. The molecule has 0 aliphatic heterocycles. The number of hydrogen-bond acceptors (Lipinski definition) is 3. The third kappa shape index (κ3) is 3.35. The highest BCUT2D eigenvalue weighted by Gasteiger charge is 2.17. The average molecular weight is 258 g/mol. The summed E-state index contributed by atoms with van der Waals surface area (Å²) in [6.45, 7) is 1.47. The molecule has 0 heterocycles. The van der Waals surface area contributed by atoms with Gasteiger partial charge in [-0.25, -0.2) is 4.79 Å². The van der Waals surface area contributed by atoms with Crippen LogP contribution in [0.5, 0.6) is 5.75 Å². The first-order valence-electron chi connectivity index (χ1n) is 4.83. The zero-order valence-electron chi connectivity index (χ0n) is 9.36. The lowest BCUT2D eigenvalue weighted by atomic mass is 10.1. The summed E-state index contributed by atoms with van der Waals surface area (Å²) in [5, 5.41) is 10.9. The van der Waals surface area contributed by atoms with E-state index < -0.39 is 12.1 Å². The molecular formula is C11H12ClNO4. The molecule has 92 valence electrons. The van der Waals surface area contributed by atoms with Crippen molar-refractivity contribution >= 4 is 23.5 Å². The van der Waals surface area contributed by atoms with Crippen molar-refractivity contribution in [3.8, 4) is 5.75 Å². The van der Waals surface area contributed by atoms with E-state index in [0.29, 0.717) is 16.3 Å². The van der Waals surface area contributed by atoms with Crippen LogP contribution in [0, 0.1) is 0 Å². The molecule has 0 aliphatic carbocycles. The number of carbonyl (C=O) groups excluding carboxylic acids is 1. The van der Waals surface area contributed by atoms with E-state index >= 15 is 0 Å². The van der Waals surface area contributed by atoms with Gasteiger partial charge in [-0.2, -0.15) is 0 Å². The number of carboxylic acid groups (broad SMARTS) is 1. The standard InChI is InChI=1S/C11H12ClNO4/c1-6(13-11(15)16)10(14)7-3-4-9(17-2)8(12)5-7/h3-6,13H,1-2H3,(H,15,16). The number of methoxy groups -OCH3 is 1. The number of rotatable bonds is 4. The first kappa shape index (κ1) is 13.3. The Labute approximate surface area is 103 Å². The van der Waals surface area contributed by atoms with Gasteiger partial charge in [-0.3, -0.25) is 4.79 Å². The second-order valence-electron chi connectivity index (χ2n) is 3.38. The van der Waals surface area contributed by atoms with Crippen molar-refractivity contribution in [1.29, 1.82) is 0 Å². The predicted octanol–water partition coefficient (Wildman–Crippen LogP) is 2.19. The highest BCUT2D eigenvalue weighted by molar-refractivity contribution is 6.32. The van der Waals surface area contributed by atoms with Gasteiger partial charge in [0.1, 0.15) is 5.75 Å². The highest BCUT2D eigenvalue weighted by Crippen LogP contribution is 2.25. The summed E-state index contributed by atoms with van der Waals surface area (Å²) in [6, 6.07) is 3.72.